The van der Waals surface area contributed by atoms with E-state index in [-0.39, 0.29) is 18.6 Å². The molecule has 1 amide bonds. The van der Waals surface area contributed by atoms with Crippen molar-refractivity contribution in [1.82, 2.24) is 0 Å². The van der Waals surface area contributed by atoms with Crippen LogP contribution in [0.4, 0.5) is 5.69 Å². The van der Waals surface area contributed by atoms with Gasteiger partial charge in [0.2, 0.25) is 0 Å². The Labute approximate surface area is 163 Å². The Kier molecular flexibility index (Phi) is 7.49. The van der Waals surface area contributed by atoms with Gasteiger partial charge in [0.15, 0.2) is 6.61 Å². The number of benzene rings is 2. The summed E-state index contributed by atoms with van der Waals surface area (Å²) in [5.74, 6) is 0.282. The van der Waals surface area contributed by atoms with Crippen LogP contribution in [0, 0.1) is 0 Å². The van der Waals surface area contributed by atoms with Gasteiger partial charge in [-0.2, -0.15) is 0 Å². The highest BCUT2D eigenvalue weighted by Crippen LogP contribution is 2.27. The largest absolute Gasteiger partial charge is 0.495 e. The second-order valence-corrected chi connectivity index (χ2v) is 6.23. The lowest BCUT2D eigenvalue weighted by Gasteiger charge is -2.12. The number of halogens is 1. The quantitative estimate of drug-likeness (QED) is 0.678. The lowest BCUT2D eigenvalue weighted by atomic mass is 10.2. The Morgan fingerprint density at radius 1 is 1.15 bits per heavy atom. The van der Waals surface area contributed by atoms with E-state index < -0.39 is 5.97 Å². The molecule has 1 N–H and O–H groups in total. The molecule has 0 fully saturated rings. The highest BCUT2D eigenvalue weighted by molar-refractivity contribution is 6.32. The van der Waals surface area contributed by atoms with E-state index in [2.05, 4.69) is 5.32 Å². The first-order valence-corrected chi connectivity index (χ1v) is 8.88. The first-order valence-electron chi connectivity index (χ1n) is 8.50. The van der Waals surface area contributed by atoms with E-state index in [0.29, 0.717) is 27.8 Å². The lowest BCUT2D eigenvalue weighted by Crippen LogP contribution is -2.20. The molecule has 0 aliphatic heterocycles. The molecule has 0 aromatic heterocycles. The van der Waals surface area contributed by atoms with Crippen molar-refractivity contribution in [3.05, 3.63) is 53.1 Å². The second kappa shape index (κ2) is 9.83. The van der Waals surface area contributed by atoms with Crippen molar-refractivity contribution in [2.75, 3.05) is 19.0 Å². The van der Waals surface area contributed by atoms with Crippen LogP contribution in [0.3, 0.4) is 0 Å². The number of ether oxygens (including phenoxy) is 3. The Hall–Kier alpha value is -2.73. The summed E-state index contributed by atoms with van der Waals surface area (Å²) in [4.78, 5) is 23.9. The van der Waals surface area contributed by atoms with Crippen LogP contribution in [-0.2, 0) is 9.53 Å². The minimum atomic E-state index is -0.428. The normalized spacial score (nSPS) is 11.4. The van der Waals surface area contributed by atoms with Crippen LogP contribution in [0.15, 0.2) is 42.5 Å². The number of nitrogens with one attached hydrogen (secondary N) is 1. The van der Waals surface area contributed by atoms with Crippen LogP contribution >= 0.6 is 11.6 Å². The monoisotopic (exact) mass is 391 g/mol. The van der Waals surface area contributed by atoms with Crippen molar-refractivity contribution < 1.29 is 23.8 Å². The van der Waals surface area contributed by atoms with Gasteiger partial charge in [-0.05, 0) is 55.8 Å². The number of rotatable bonds is 8. The molecule has 6 nitrogen and oxygen atoms in total. The predicted octanol–water partition coefficient (Wildman–Crippen LogP) is 4.32. The van der Waals surface area contributed by atoms with Gasteiger partial charge in [0.1, 0.15) is 11.5 Å². The Balaban J connectivity index is 1.91. The summed E-state index contributed by atoms with van der Waals surface area (Å²) in [6.07, 6.45) is 0.605. The van der Waals surface area contributed by atoms with Gasteiger partial charge in [-0.1, -0.05) is 18.5 Å². The minimum Gasteiger partial charge on any atom is -0.495 e. The SMILES string of the molecule is CC[C@H](C)OC(=O)COc1ccc(C(=O)Nc2ccc(OC)c(Cl)c2)cc1. The molecular formula is C20H22ClNO5. The average molecular weight is 392 g/mol. The minimum absolute atomic E-state index is 0.140. The maximum Gasteiger partial charge on any atom is 0.344 e. The summed E-state index contributed by atoms with van der Waals surface area (Å²) in [7, 11) is 1.52. The molecule has 0 heterocycles. The Morgan fingerprint density at radius 3 is 2.44 bits per heavy atom. The molecule has 0 unspecified atom stereocenters. The zero-order chi connectivity index (χ0) is 19.8. The zero-order valence-corrected chi connectivity index (χ0v) is 16.2. The summed E-state index contributed by atoms with van der Waals surface area (Å²) < 4.78 is 15.6. The standard InChI is InChI=1S/C20H22ClNO5/c1-4-13(2)27-19(23)12-26-16-8-5-14(6-9-16)20(24)22-15-7-10-18(25-3)17(21)11-15/h5-11,13H,4,12H2,1-3H3,(H,22,24)/t13-/m0/s1. The molecule has 27 heavy (non-hydrogen) atoms. The van der Waals surface area contributed by atoms with Crippen molar-refractivity contribution in [3.63, 3.8) is 0 Å². The molecule has 0 aliphatic rings. The van der Waals surface area contributed by atoms with Crippen LogP contribution in [0.25, 0.3) is 0 Å². The molecular weight excluding hydrogens is 370 g/mol. The van der Waals surface area contributed by atoms with Crippen LogP contribution in [0.1, 0.15) is 30.6 Å². The summed E-state index contributed by atoms with van der Waals surface area (Å²) in [5, 5.41) is 3.16. The lowest BCUT2D eigenvalue weighted by molar-refractivity contribution is -0.150. The molecule has 7 heteroatoms. The zero-order valence-electron chi connectivity index (χ0n) is 15.5. The number of anilines is 1. The average Bonchev–Trinajstić information content (AvgIpc) is 2.66. The third-order valence-electron chi connectivity index (χ3n) is 3.79. The molecule has 2 rings (SSSR count). The van der Waals surface area contributed by atoms with Crippen LogP contribution in [0.5, 0.6) is 11.5 Å². The van der Waals surface area contributed by atoms with Crippen molar-refractivity contribution in [3.8, 4) is 11.5 Å². The maximum absolute atomic E-state index is 12.3. The Bertz CT molecular complexity index is 791. The van der Waals surface area contributed by atoms with Gasteiger partial charge in [0.25, 0.3) is 5.91 Å². The highest BCUT2D eigenvalue weighted by atomic mass is 35.5. The van der Waals surface area contributed by atoms with E-state index in [1.165, 1.54) is 7.11 Å². The third kappa shape index (κ3) is 6.18. The fourth-order valence-electron chi connectivity index (χ4n) is 2.13. The van der Waals surface area contributed by atoms with Gasteiger partial charge < -0.3 is 19.5 Å². The van der Waals surface area contributed by atoms with E-state index in [1.54, 1.807) is 42.5 Å². The number of hydrogen-bond donors (Lipinski definition) is 1. The van der Waals surface area contributed by atoms with E-state index in [9.17, 15) is 9.59 Å². The summed E-state index contributed by atoms with van der Waals surface area (Å²) in [6, 6.07) is 11.4. The van der Waals surface area contributed by atoms with E-state index in [0.717, 1.165) is 6.42 Å². The molecule has 0 aliphatic carbocycles. The highest BCUT2D eigenvalue weighted by Gasteiger charge is 2.11. The summed E-state index contributed by atoms with van der Waals surface area (Å²) in [6.45, 7) is 3.57. The number of methoxy groups -OCH3 is 1. The first kappa shape index (κ1) is 20.6. The van der Waals surface area contributed by atoms with Gasteiger partial charge in [-0.25, -0.2) is 4.79 Å². The number of amides is 1. The smallest absolute Gasteiger partial charge is 0.344 e. The summed E-state index contributed by atoms with van der Waals surface area (Å²) >= 11 is 6.05. The molecule has 0 saturated carbocycles. The number of carbonyl (C=O) groups is 2. The maximum atomic E-state index is 12.3. The summed E-state index contributed by atoms with van der Waals surface area (Å²) in [5.41, 5.74) is 0.996. The number of carbonyl (C=O) groups excluding carboxylic acids is 2. The first-order chi connectivity index (χ1) is 12.9. The van der Waals surface area contributed by atoms with E-state index in [4.69, 9.17) is 25.8 Å². The molecule has 1 atom stereocenters. The molecule has 2 aromatic rings. The topological polar surface area (TPSA) is 73.9 Å². The van der Waals surface area contributed by atoms with Crippen molar-refractivity contribution in [1.29, 1.82) is 0 Å². The van der Waals surface area contributed by atoms with Crippen LogP contribution in [-0.4, -0.2) is 31.7 Å². The molecule has 0 saturated heterocycles. The molecule has 0 spiro atoms. The molecule has 0 bridgehead atoms. The molecule has 144 valence electrons. The Morgan fingerprint density at radius 2 is 1.85 bits per heavy atom. The van der Waals surface area contributed by atoms with Gasteiger partial charge in [-0.15, -0.1) is 0 Å². The van der Waals surface area contributed by atoms with Gasteiger partial charge in [-0.3, -0.25) is 4.79 Å². The number of hydrogen-bond acceptors (Lipinski definition) is 5. The van der Waals surface area contributed by atoms with Crippen LogP contribution in [0.2, 0.25) is 5.02 Å². The van der Waals surface area contributed by atoms with Crippen molar-refractivity contribution in [2.45, 2.75) is 26.4 Å². The van der Waals surface area contributed by atoms with E-state index in [1.807, 2.05) is 13.8 Å². The van der Waals surface area contributed by atoms with E-state index >= 15 is 0 Å². The van der Waals surface area contributed by atoms with Crippen LogP contribution < -0.4 is 14.8 Å². The van der Waals surface area contributed by atoms with Gasteiger partial charge in [0, 0.05) is 11.3 Å². The number of esters is 1. The third-order valence-corrected chi connectivity index (χ3v) is 4.09. The fraction of sp³-hybridized carbons (Fsp3) is 0.300. The van der Waals surface area contributed by atoms with Gasteiger partial charge >= 0.3 is 5.97 Å². The van der Waals surface area contributed by atoms with Crippen molar-refractivity contribution >= 4 is 29.2 Å². The molecule has 0 radical (unpaired) electrons. The molecule has 2 aromatic carbocycles. The van der Waals surface area contributed by atoms with Crippen molar-refractivity contribution in [2.24, 2.45) is 0 Å². The predicted molar refractivity (Wildman–Crippen MR) is 104 cm³/mol. The fourth-order valence-corrected chi connectivity index (χ4v) is 2.39. The van der Waals surface area contributed by atoms with Gasteiger partial charge in [0.05, 0.1) is 18.2 Å². The second-order valence-electron chi connectivity index (χ2n) is 5.83.